The Labute approximate surface area is 130 Å². The molecule has 0 aliphatic heterocycles. The third kappa shape index (κ3) is 4.26. The molecule has 0 aliphatic rings. The molecule has 0 atom stereocenters. The van der Waals surface area contributed by atoms with Crippen LogP contribution in [0.1, 0.15) is 5.56 Å². The summed E-state index contributed by atoms with van der Waals surface area (Å²) in [5.74, 6) is 1.13. The van der Waals surface area contributed by atoms with Crippen LogP contribution in [0.25, 0.3) is 6.08 Å². The Hall–Kier alpha value is -2.47. The maximum atomic E-state index is 12.0. The average Bonchev–Trinajstić information content (AvgIpc) is 2.53. The first kappa shape index (κ1) is 15.9. The van der Waals surface area contributed by atoms with Crippen LogP contribution >= 0.6 is 0 Å². The van der Waals surface area contributed by atoms with Crippen molar-refractivity contribution in [2.75, 3.05) is 18.9 Å². The lowest BCUT2D eigenvalue weighted by molar-refractivity contribution is 0.355. The summed E-state index contributed by atoms with van der Waals surface area (Å²) in [6.45, 7) is 0. The number of hydrogen-bond donors (Lipinski definition) is 1. The second-order valence-electron chi connectivity index (χ2n) is 4.43. The lowest BCUT2D eigenvalue weighted by Crippen LogP contribution is -2.08. The molecule has 2 aromatic carbocycles. The van der Waals surface area contributed by atoms with Crippen molar-refractivity contribution in [2.24, 2.45) is 0 Å². The number of ether oxygens (including phenoxy) is 2. The Morgan fingerprint density at radius 2 is 1.64 bits per heavy atom. The van der Waals surface area contributed by atoms with Crippen molar-refractivity contribution < 1.29 is 17.9 Å². The fraction of sp³-hybridized carbons (Fsp3) is 0.125. The molecule has 0 radical (unpaired) electrons. The first-order valence-electron chi connectivity index (χ1n) is 6.52. The SMILES string of the molecule is COc1ccc(C=CS(=O)(=O)Nc2ccccc2)cc1OC. The summed E-state index contributed by atoms with van der Waals surface area (Å²) < 4.78 is 36.8. The molecule has 0 unspecified atom stereocenters. The normalized spacial score (nSPS) is 11.4. The van der Waals surface area contributed by atoms with Crippen LogP contribution in [-0.2, 0) is 10.0 Å². The molecule has 0 saturated heterocycles. The molecule has 0 spiro atoms. The maximum absolute atomic E-state index is 12.0. The average molecular weight is 319 g/mol. The van der Waals surface area contributed by atoms with E-state index in [2.05, 4.69) is 4.72 Å². The Morgan fingerprint density at radius 1 is 0.955 bits per heavy atom. The van der Waals surface area contributed by atoms with E-state index in [9.17, 15) is 8.42 Å². The van der Waals surface area contributed by atoms with Crippen LogP contribution in [-0.4, -0.2) is 22.6 Å². The maximum Gasteiger partial charge on any atom is 0.255 e. The molecule has 0 amide bonds. The van der Waals surface area contributed by atoms with Gasteiger partial charge in [-0.25, -0.2) is 8.42 Å². The zero-order valence-corrected chi connectivity index (χ0v) is 13.1. The van der Waals surface area contributed by atoms with Gasteiger partial charge in [0.05, 0.1) is 19.6 Å². The fourth-order valence-corrected chi connectivity index (χ4v) is 2.70. The van der Waals surface area contributed by atoms with Crippen LogP contribution in [0.3, 0.4) is 0 Å². The van der Waals surface area contributed by atoms with Crippen molar-refractivity contribution in [3.05, 3.63) is 59.5 Å². The first-order valence-corrected chi connectivity index (χ1v) is 8.06. The van der Waals surface area contributed by atoms with E-state index in [1.807, 2.05) is 6.07 Å². The summed E-state index contributed by atoms with van der Waals surface area (Å²) in [6.07, 6.45) is 1.49. The molecule has 0 bridgehead atoms. The minimum Gasteiger partial charge on any atom is -0.493 e. The molecule has 5 nitrogen and oxygen atoms in total. The zero-order chi connectivity index (χ0) is 16.0. The molecule has 22 heavy (non-hydrogen) atoms. The highest BCUT2D eigenvalue weighted by Crippen LogP contribution is 2.28. The van der Waals surface area contributed by atoms with Gasteiger partial charge in [0.1, 0.15) is 0 Å². The number of sulfonamides is 1. The number of methoxy groups -OCH3 is 2. The van der Waals surface area contributed by atoms with E-state index >= 15 is 0 Å². The van der Waals surface area contributed by atoms with E-state index in [1.54, 1.807) is 49.6 Å². The van der Waals surface area contributed by atoms with E-state index in [0.717, 1.165) is 5.41 Å². The van der Waals surface area contributed by atoms with Gasteiger partial charge in [0.25, 0.3) is 10.0 Å². The van der Waals surface area contributed by atoms with Gasteiger partial charge in [-0.1, -0.05) is 24.3 Å². The van der Waals surface area contributed by atoms with Gasteiger partial charge in [-0.15, -0.1) is 0 Å². The van der Waals surface area contributed by atoms with Crippen LogP contribution in [0, 0.1) is 0 Å². The summed E-state index contributed by atoms with van der Waals surface area (Å²) in [6, 6.07) is 13.9. The topological polar surface area (TPSA) is 64.6 Å². The Balaban J connectivity index is 2.17. The lowest BCUT2D eigenvalue weighted by Gasteiger charge is -2.08. The molecule has 0 heterocycles. The molecule has 6 heteroatoms. The van der Waals surface area contributed by atoms with Crippen LogP contribution in [0.2, 0.25) is 0 Å². The lowest BCUT2D eigenvalue weighted by atomic mass is 10.2. The molecular formula is C16H17NO4S. The standard InChI is InChI=1S/C16H17NO4S/c1-20-15-9-8-13(12-16(15)21-2)10-11-22(18,19)17-14-6-4-3-5-7-14/h3-12,17H,1-2H3. The molecule has 0 saturated carbocycles. The summed E-state index contributed by atoms with van der Waals surface area (Å²) in [4.78, 5) is 0. The van der Waals surface area contributed by atoms with Gasteiger partial charge in [0.2, 0.25) is 0 Å². The predicted octanol–water partition coefficient (Wildman–Crippen LogP) is 3.12. The van der Waals surface area contributed by atoms with E-state index in [0.29, 0.717) is 22.7 Å². The zero-order valence-electron chi connectivity index (χ0n) is 12.3. The summed E-state index contributed by atoms with van der Waals surface area (Å²) in [5.41, 5.74) is 1.20. The minimum atomic E-state index is -3.57. The number of nitrogens with one attached hydrogen (secondary N) is 1. The second kappa shape index (κ2) is 7.00. The van der Waals surface area contributed by atoms with Crippen LogP contribution < -0.4 is 14.2 Å². The minimum absolute atomic E-state index is 0.513. The number of anilines is 1. The van der Waals surface area contributed by atoms with Crippen molar-refractivity contribution in [3.63, 3.8) is 0 Å². The smallest absolute Gasteiger partial charge is 0.255 e. The van der Waals surface area contributed by atoms with Crippen LogP contribution in [0.4, 0.5) is 5.69 Å². The number of para-hydroxylation sites is 1. The fourth-order valence-electron chi connectivity index (χ4n) is 1.83. The van der Waals surface area contributed by atoms with Gasteiger partial charge >= 0.3 is 0 Å². The number of hydrogen-bond acceptors (Lipinski definition) is 4. The molecule has 116 valence electrons. The first-order chi connectivity index (χ1) is 10.5. The van der Waals surface area contributed by atoms with Gasteiger partial charge < -0.3 is 9.47 Å². The van der Waals surface area contributed by atoms with Gasteiger partial charge in [0.15, 0.2) is 11.5 Å². The van der Waals surface area contributed by atoms with Gasteiger partial charge in [-0.05, 0) is 35.9 Å². The van der Waals surface area contributed by atoms with Gasteiger partial charge in [-0.2, -0.15) is 0 Å². The number of rotatable bonds is 6. The molecular weight excluding hydrogens is 302 g/mol. The van der Waals surface area contributed by atoms with Crippen LogP contribution in [0.15, 0.2) is 53.9 Å². The Kier molecular flexibility index (Phi) is 5.06. The van der Waals surface area contributed by atoms with Crippen molar-refractivity contribution >= 4 is 21.8 Å². The second-order valence-corrected chi connectivity index (χ2v) is 6.00. The van der Waals surface area contributed by atoms with E-state index < -0.39 is 10.0 Å². The highest BCUT2D eigenvalue weighted by atomic mass is 32.2. The van der Waals surface area contributed by atoms with Crippen molar-refractivity contribution in [2.45, 2.75) is 0 Å². The molecule has 2 aromatic rings. The molecule has 0 aromatic heterocycles. The molecule has 2 rings (SSSR count). The third-order valence-corrected chi connectivity index (χ3v) is 3.90. The summed E-state index contributed by atoms with van der Waals surface area (Å²) in [7, 11) is -0.501. The quantitative estimate of drug-likeness (QED) is 0.888. The highest BCUT2D eigenvalue weighted by molar-refractivity contribution is 7.95. The summed E-state index contributed by atoms with van der Waals surface area (Å²) in [5, 5.41) is 1.11. The predicted molar refractivity (Wildman–Crippen MR) is 87.6 cm³/mol. The van der Waals surface area contributed by atoms with E-state index in [4.69, 9.17) is 9.47 Å². The third-order valence-electron chi connectivity index (χ3n) is 2.88. The van der Waals surface area contributed by atoms with Crippen molar-refractivity contribution in [3.8, 4) is 11.5 Å². The highest BCUT2D eigenvalue weighted by Gasteiger charge is 2.06. The molecule has 0 aliphatic carbocycles. The van der Waals surface area contributed by atoms with Crippen molar-refractivity contribution in [1.82, 2.24) is 0 Å². The van der Waals surface area contributed by atoms with E-state index in [-0.39, 0.29) is 0 Å². The van der Waals surface area contributed by atoms with Crippen molar-refractivity contribution in [1.29, 1.82) is 0 Å². The molecule has 1 N–H and O–H groups in total. The van der Waals surface area contributed by atoms with Crippen LogP contribution in [0.5, 0.6) is 11.5 Å². The van der Waals surface area contributed by atoms with Gasteiger partial charge in [0, 0.05) is 5.69 Å². The Bertz CT molecular complexity index is 755. The monoisotopic (exact) mass is 319 g/mol. The van der Waals surface area contributed by atoms with E-state index in [1.165, 1.54) is 13.2 Å². The van der Waals surface area contributed by atoms with Gasteiger partial charge in [-0.3, -0.25) is 4.72 Å². The largest absolute Gasteiger partial charge is 0.493 e. The Morgan fingerprint density at radius 3 is 2.27 bits per heavy atom. The summed E-state index contributed by atoms with van der Waals surface area (Å²) >= 11 is 0. The molecule has 0 fully saturated rings. The number of benzene rings is 2.